The molecule has 1 atom stereocenters. The molecule has 4 heteroatoms. The second kappa shape index (κ2) is 8.32. The molecule has 0 aliphatic carbocycles. The Kier molecular flexibility index (Phi) is 6.41. The molecule has 132 valence electrons. The number of Topliss-reactive ketones (excluding diaryl/α,β-unsaturated/α-hetero) is 1. The van der Waals surface area contributed by atoms with E-state index in [1.807, 2.05) is 43.0 Å². The Labute approximate surface area is 145 Å². The maximum atomic E-state index is 12.6. The third-order valence-electron chi connectivity index (χ3n) is 4.80. The molecular weight excluding hydrogens is 302 g/mol. The first-order chi connectivity index (χ1) is 11.4. The highest BCUT2D eigenvalue weighted by Crippen LogP contribution is 2.27. The monoisotopic (exact) mass is 331 g/mol. The summed E-state index contributed by atoms with van der Waals surface area (Å²) in [6, 6.07) is 7.88. The lowest BCUT2D eigenvalue weighted by Crippen LogP contribution is -2.45. The van der Waals surface area contributed by atoms with Crippen molar-refractivity contribution in [3.63, 3.8) is 0 Å². The lowest BCUT2D eigenvalue weighted by Gasteiger charge is -2.33. The predicted molar refractivity (Wildman–Crippen MR) is 95.2 cm³/mol. The van der Waals surface area contributed by atoms with E-state index in [1.54, 1.807) is 0 Å². The fourth-order valence-corrected chi connectivity index (χ4v) is 3.27. The summed E-state index contributed by atoms with van der Waals surface area (Å²) >= 11 is 0. The number of hydrogen-bond donors (Lipinski definition) is 0. The molecule has 1 aliphatic heterocycles. The van der Waals surface area contributed by atoms with Gasteiger partial charge in [-0.05, 0) is 37.3 Å². The molecule has 4 nitrogen and oxygen atoms in total. The zero-order valence-corrected chi connectivity index (χ0v) is 15.2. The van der Waals surface area contributed by atoms with Crippen LogP contribution in [0.2, 0.25) is 0 Å². The molecule has 1 saturated heterocycles. The normalized spacial score (nSPS) is 17.0. The maximum absolute atomic E-state index is 12.6. The second-order valence-corrected chi connectivity index (χ2v) is 6.87. The molecule has 0 aromatic heterocycles. The average Bonchev–Trinajstić information content (AvgIpc) is 2.60. The van der Waals surface area contributed by atoms with E-state index < -0.39 is 6.10 Å². The molecule has 1 amide bonds. The predicted octanol–water partition coefficient (Wildman–Crippen LogP) is 3.80. The van der Waals surface area contributed by atoms with Gasteiger partial charge in [0.05, 0.1) is 0 Å². The van der Waals surface area contributed by atoms with Crippen LogP contribution in [-0.4, -0.2) is 35.8 Å². The number of ketones is 1. The van der Waals surface area contributed by atoms with Gasteiger partial charge in [-0.25, -0.2) is 0 Å². The molecule has 0 radical (unpaired) electrons. The molecule has 2 rings (SSSR count). The van der Waals surface area contributed by atoms with Crippen LogP contribution >= 0.6 is 0 Å². The minimum atomic E-state index is -0.511. The van der Waals surface area contributed by atoms with Crippen LogP contribution in [0.1, 0.15) is 58.4 Å². The van der Waals surface area contributed by atoms with Gasteiger partial charge in [-0.1, -0.05) is 39.0 Å². The van der Waals surface area contributed by atoms with Gasteiger partial charge in [-0.2, -0.15) is 0 Å². The van der Waals surface area contributed by atoms with Crippen molar-refractivity contribution in [1.29, 1.82) is 0 Å². The molecule has 1 fully saturated rings. The third kappa shape index (κ3) is 4.37. The van der Waals surface area contributed by atoms with Gasteiger partial charge in [-0.3, -0.25) is 9.59 Å². The largest absolute Gasteiger partial charge is 0.481 e. The first kappa shape index (κ1) is 18.5. The summed E-state index contributed by atoms with van der Waals surface area (Å²) in [5.74, 6) is 1.58. The first-order valence-corrected chi connectivity index (χ1v) is 9.01. The molecule has 1 unspecified atom stereocenters. The van der Waals surface area contributed by atoms with Crippen LogP contribution in [0.3, 0.4) is 0 Å². The van der Waals surface area contributed by atoms with Crippen molar-refractivity contribution in [2.24, 2.45) is 5.92 Å². The number of amides is 1. The zero-order valence-electron chi connectivity index (χ0n) is 15.2. The van der Waals surface area contributed by atoms with Gasteiger partial charge in [0.15, 0.2) is 6.10 Å². The van der Waals surface area contributed by atoms with E-state index in [9.17, 15) is 9.59 Å². The Balaban J connectivity index is 1.95. The standard InChI is InChI=1S/C20H29NO3/c1-5-18(22)16-10-12-21(13-11-16)20(23)15(4)24-19-9-7-6-8-17(19)14(2)3/h6-9,14-16H,5,10-13H2,1-4H3. The van der Waals surface area contributed by atoms with Crippen LogP contribution in [0.15, 0.2) is 24.3 Å². The number of benzene rings is 1. The van der Waals surface area contributed by atoms with Gasteiger partial charge in [0, 0.05) is 25.4 Å². The average molecular weight is 331 g/mol. The first-order valence-electron chi connectivity index (χ1n) is 9.01. The highest BCUT2D eigenvalue weighted by atomic mass is 16.5. The number of carbonyl (C=O) groups excluding carboxylic acids is 2. The Morgan fingerprint density at radius 1 is 1.17 bits per heavy atom. The number of rotatable bonds is 6. The number of carbonyl (C=O) groups is 2. The van der Waals surface area contributed by atoms with Gasteiger partial charge >= 0.3 is 0 Å². The smallest absolute Gasteiger partial charge is 0.263 e. The quantitative estimate of drug-likeness (QED) is 0.796. The minimum absolute atomic E-state index is 0.0101. The third-order valence-corrected chi connectivity index (χ3v) is 4.80. The van der Waals surface area contributed by atoms with Crippen molar-refractivity contribution in [2.75, 3.05) is 13.1 Å². The Morgan fingerprint density at radius 3 is 2.38 bits per heavy atom. The van der Waals surface area contributed by atoms with Gasteiger partial charge in [0.1, 0.15) is 11.5 Å². The summed E-state index contributed by atoms with van der Waals surface area (Å²) < 4.78 is 5.96. The van der Waals surface area contributed by atoms with Crippen LogP contribution < -0.4 is 4.74 Å². The molecule has 0 spiro atoms. The van der Waals surface area contributed by atoms with Gasteiger partial charge < -0.3 is 9.64 Å². The number of nitrogens with zero attached hydrogens (tertiary/aromatic N) is 1. The minimum Gasteiger partial charge on any atom is -0.481 e. The summed E-state index contributed by atoms with van der Waals surface area (Å²) in [7, 11) is 0. The maximum Gasteiger partial charge on any atom is 0.263 e. The summed E-state index contributed by atoms with van der Waals surface area (Å²) in [6.07, 6.45) is 1.62. The highest BCUT2D eigenvalue weighted by molar-refractivity contribution is 5.83. The van der Waals surface area contributed by atoms with Crippen molar-refractivity contribution < 1.29 is 14.3 Å². The van der Waals surface area contributed by atoms with Crippen LogP contribution in [0.25, 0.3) is 0 Å². The molecular formula is C20H29NO3. The van der Waals surface area contributed by atoms with E-state index in [0.717, 1.165) is 24.2 Å². The Bertz CT molecular complexity index is 574. The topological polar surface area (TPSA) is 46.6 Å². The number of piperidine rings is 1. The van der Waals surface area contributed by atoms with E-state index in [4.69, 9.17) is 4.74 Å². The molecule has 0 saturated carbocycles. The van der Waals surface area contributed by atoms with Crippen molar-refractivity contribution in [2.45, 2.75) is 59.0 Å². The lowest BCUT2D eigenvalue weighted by molar-refractivity contribution is -0.140. The molecule has 1 aromatic rings. The van der Waals surface area contributed by atoms with E-state index in [-0.39, 0.29) is 11.8 Å². The van der Waals surface area contributed by atoms with E-state index in [0.29, 0.717) is 31.2 Å². The molecule has 1 heterocycles. The highest BCUT2D eigenvalue weighted by Gasteiger charge is 2.29. The molecule has 1 aromatic carbocycles. The van der Waals surface area contributed by atoms with Crippen molar-refractivity contribution in [3.8, 4) is 5.75 Å². The Hall–Kier alpha value is -1.84. The molecule has 1 aliphatic rings. The van der Waals surface area contributed by atoms with Crippen molar-refractivity contribution in [3.05, 3.63) is 29.8 Å². The second-order valence-electron chi connectivity index (χ2n) is 6.87. The number of para-hydroxylation sites is 1. The summed E-state index contributed by atoms with van der Waals surface area (Å²) in [6.45, 7) is 9.24. The van der Waals surface area contributed by atoms with Crippen LogP contribution in [0.4, 0.5) is 0 Å². The van der Waals surface area contributed by atoms with E-state index >= 15 is 0 Å². The van der Waals surface area contributed by atoms with Gasteiger partial charge in [-0.15, -0.1) is 0 Å². The zero-order chi connectivity index (χ0) is 17.7. The van der Waals surface area contributed by atoms with Crippen molar-refractivity contribution in [1.82, 2.24) is 4.90 Å². The summed E-state index contributed by atoms with van der Waals surface area (Å²) in [4.78, 5) is 26.3. The number of likely N-dealkylation sites (tertiary alicyclic amines) is 1. The van der Waals surface area contributed by atoms with Gasteiger partial charge in [0.25, 0.3) is 5.91 Å². The van der Waals surface area contributed by atoms with Crippen LogP contribution in [0.5, 0.6) is 5.75 Å². The fourth-order valence-electron chi connectivity index (χ4n) is 3.27. The molecule has 24 heavy (non-hydrogen) atoms. The van der Waals surface area contributed by atoms with Crippen LogP contribution in [0, 0.1) is 5.92 Å². The van der Waals surface area contributed by atoms with E-state index in [1.165, 1.54) is 0 Å². The van der Waals surface area contributed by atoms with Crippen molar-refractivity contribution >= 4 is 11.7 Å². The van der Waals surface area contributed by atoms with Gasteiger partial charge in [0.2, 0.25) is 0 Å². The van der Waals surface area contributed by atoms with E-state index in [2.05, 4.69) is 13.8 Å². The lowest BCUT2D eigenvalue weighted by atomic mass is 9.91. The summed E-state index contributed by atoms with van der Waals surface area (Å²) in [5.41, 5.74) is 1.12. The summed E-state index contributed by atoms with van der Waals surface area (Å²) in [5, 5.41) is 0. The Morgan fingerprint density at radius 2 is 1.79 bits per heavy atom. The number of ether oxygens (including phenoxy) is 1. The fraction of sp³-hybridized carbons (Fsp3) is 0.600. The number of hydrogen-bond acceptors (Lipinski definition) is 3. The SMILES string of the molecule is CCC(=O)C1CCN(C(=O)C(C)Oc2ccccc2C(C)C)CC1. The van der Waals surface area contributed by atoms with Crippen LogP contribution in [-0.2, 0) is 9.59 Å². The molecule has 0 bridgehead atoms. The molecule has 0 N–H and O–H groups in total.